The van der Waals surface area contributed by atoms with E-state index in [1.807, 2.05) is 0 Å². The third-order valence-corrected chi connectivity index (χ3v) is 1.75. The van der Waals surface area contributed by atoms with Crippen LogP contribution in [0.4, 0.5) is 13.2 Å². The van der Waals surface area contributed by atoms with Crippen molar-refractivity contribution in [1.82, 2.24) is 0 Å². The van der Waals surface area contributed by atoms with E-state index in [9.17, 15) is 13.2 Å². The van der Waals surface area contributed by atoms with Crippen molar-refractivity contribution in [3.8, 4) is 0 Å². The molecule has 0 bridgehead atoms. The topological polar surface area (TPSA) is 0 Å². The van der Waals surface area contributed by atoms with E-state index in [0.29, 0.717) is 0 Å². The quantitative estimate of drug-likeness (QED) is 0.458. The van der Waals surface area contributed by atoms with Crippen molar-refractivity contribution in [1.29, 1.82) is 0 Å². The van der Waals surface area contributed by atoms with Crippen molar-refractivity contribution in [2.75, 3.05) is 0 Å². The van der Waals surface area contributed by atoms with Gasteiger partial charge in [-0.1, -0.05) is 11.6 Å². The normalized spacial score (nSPS) is 43.5. The van der Waals surface area contributed by atoms with Gasteiger partial charge in [0.2, 0.25) is 5.13 Å². The molecule has 1 atom stereocenters. The molecule has 1 unspecified atom stereocenters. The molecule has 1 aliphatic rings. The molecule has 0 aromatic rings. The summed E-state index contributed by atoms with van der Waals surface area (Å²) in [6, 6.07) is 0. The second-order valence-corrected chi connectivity index (χ2v) is 2.51. The van der Waals surface area contributed by atoms with E-state index in [4.69, 9.17) is 0 Å². The first kappa shape index (κ1) is 6.20. The molecule has 1 rings (SSSR count). The Kier molecular flexibility index (Phi) is 1.02. The van der Waals surface area contributed by atoms with Crippen molar-refractivity contribution in [2.24, 2.45) is 0 Å². The predicted molar refractivity (Wildman–Crippen MR) is 23.9 cm³/mol. The third-order valence-electron chi connectivity index (χ3n) is 1.29. The largest absolute Gasteiger partial charge is 0.295 e. The van der Waals surface area contributed by atoms with Gasteiger partial charge in [0.1, 0.15) is 0 Å². The van der Waals surface area contributed by atoms with Gasteiger partial charge in [0.15, 0.2) is 0 Å². The molecule has 0 amide bonds. The van der Waals surface area contributed by atoms with Crippen LogP contribution in [-0.4, -0.2) is 11.1 Å². The highest BCUT2D eigenvalue weighted by Crippen LogP contribution is 2.52. The smallest absolute Gasteiger partial charge is 0.220 e. The second-order valence-electron chi connectivity index (χ2n) is 1.91. The summed E-state index contributed by atoms with van der Waals surface area (Å²) in [6.07, 6.45) is -0.658. The summed E-state index contributed by atoms with van der Waals surface area (Å²) in [5, 5.41) is -2.74. The van der Waals surface area contributed by atoms with Crippen molar-refractivity contribution >= 4 is 11.6 Å². The van der Waals surface area contributed by atoms with E-state index >= 15 is 0 Å². The Labute approximate surface area is 49.6 Å². The van der Waals surface area contributed by atoms with Crippen LogP contribution in [-0.2, 0) is 0 Å². The fourth-order valence-electron chi connectivity index (χ4n) is 0.503. The van der Waals surface area contributed by atoms with Gasteiger partial charge in [-0.15, -0.1) is 0 Å². The van der Waals surface area contributed by atoms with Crippen LogP contribution in [0.3, 0.4) is 0 Å². The number of hydrogen-bond acceptors (Lipinski definition) is 0. The summed E-state index contributed by atoms with van der Waals surface area (Å²) in [5.74, 6) is -3.28. The van der Waals surface area contributed by atoms with E-state index in [-0.39, 0.29) is 6.42 Å². The predicted octanol–water partition coefficient (Wildman–Crippen LogP) is 2.32. The number of rotatable bonds is 0. The third kappa shape index (κ3) is 0.607. The van der Waals surface area contributed by atoms with E-state index in [1.165, 1.54) is 0 Å². The fourth-order valence-corrected chi connectivity index (χ4v) is 0.692. The average molecular weight is 145 g/mol. The monoisotopic (exact) mass is 144 g/mol. The molecule has 0 radical (unpaired) electrons. The lowest BCUT2D eigenvalue weighted by Crippen LogP contribution is -2.49. The lowest BCUT2D eigenvalue weighted by atomic mass is 9.92. The van der Waals surface area contributed by atoms with E-state index in [1.54, 1.807) is 0 Å². The maximum Gasteiger partial charge on any atom is 0.295 e. The Bertz CT molecular complexity index is 95.9. The van der Waals surface area contributed by atoms with Crippen molar-refractivity contribution in [3.05, 3.63) is 0 Å². The minimum Gasteiger partial charge on any atom is -0.220 e. The average Bonchev–Trinajstić information content (AvgIpc) is 1.64. The van der Waals surface area contributed by atoms with Gasteiger partial charge in [0.05, 0.1) is 0 Å². The zero-order valence-electron chi connectivity index (χ0n) is 3.93. The van der Waals surface area contributed by atoms with Gasteiger partial charge in [0, 0.05) is 12.8 Å². The maximum absolute atomic E-state index is 12.0. The lowest BCUT2D eigenvalue weighted by molar-refractivity contribution is -0.166. The minimum absolute atomic E-state index is 0.235. The van der Waals surface area contributed by atoms with Crippen LogP contribution in [0, 0.1) is 0 Å². The van der Waals surface area contributed by atoms with Gasteiger partial charge in [-0.05, 0) is 0 Å². The molecule has 1 saturated carbocycles. The number of halogens is 4. The molecule has 0 nitrogen and oxygen atoms in total. The summed E-state index contributed by atoms with van der Waals surface area (Å²) in [7, 11) is 0. The minimum atomic E-state index is -3.28. The van der Waals surface area contributed by atoms with Crippen molar-refractivity contribution in [2.45, 2.75) is 23.9 Å². The van der Waals surface area contributed by atoms with Crippen molar-refractivity contribution < 1.29 is 13.2 Å². The SMILES string of the molecule is FC1(F)CCC1(F)Cl. The molecule has 0 saturated heterocycles. The molecule has 4 heteroatoms. The van der Waals surface area contributed by atoms with E-state index in [2.05, 4.69) is 11.6 Å². The van der Waals surface area contributed by atoms with Crippen LogP contribution in [0.2, 0.25) is 0 Å². The van der Waals surface area contributed by atoms with Gasteiger partial charge in [-0.2, -0.15) is 0 Å². The molecule has 48 valence electrons. The first-order valence-corrected chi connectivity index (χ1v) is 2.59. The maximum atomic E-state index is 12.0. The van der Waals surface area contributed by atoms with E-state index < -0.39 is 17.5 Å². The summed E-state index contributed by atoms with van der Waals surface area (Å²) in [4.78, 5) is 0. The molecular formula is C4H4ClF3. The Morgan fingerprint density at radius 2 is 1.50 bits per heavy atom. The Hall–Kier alpha value is 0.0800. The highest BCUT2D eigenvalue weighted by atomic mass is 35.5. The van der Waals surface area contributed by atoms with Gasteiger partial charge >= 0.3 is 0 Å². The molecule has 0 aromatic carbocycles. The summed E-state index contributed by atoms with van der Waals surface area (Å²) in [6.45, 7) is 0. The van der Waals surface area contributed by atoms with Crippen LogP contribution in [0.5, 0.6) is 0 Å². The van der Waals surface area contributed by atoms with Crippen LogP contribution < -0.4 is 0 Å². The standard InChI is InChI=1S/C4H4ClF3/c5-3(6)1-2-4(3,7)8/h1-2H2. The van der Waals surface area contributed by atoms with Crippen LogP contribution in [0.25, 0.3) is 0 Å². The van der Waals surface area contributed by atoms with Crippen LogP contribution in [0.15, 0.2) is 0 Å². The van der Waals surface area contributed by atoms with Crippen LogP contribution >= 0.6 is 11.6 Å². The second kappa shape index (κ2) is 1.32. The summed E-state index contributed by atoms with van der Waals surface area (Å²) in [5.41, 5.74) is 0. The number of hydrogen-bond donors (Lipinski definition) is 0. The zero-order chi connectivity index (χ0) is 6.41. The number of alkyl halides is 4. The fraction of sp³-hybridized carbons (Fsp3) is 1.00. The van der Waals surface area contributed by atoms with Gasteiger partial charge in [-0.3, -0.25) is 0 Å². The Morgan fingerprint density at radius 1 is 1.12 bits per heavy atom. The van der Waals surface area contributed by atoms with E-state index in [0.717, 1.165) is 0 Å². The molecule has 0 aromatic heterocycles. The molecule has 0 heterocycles. The van der Waals surface area contributed by atoms with Crippen molar-refractivity contribution in [3.63, 3.8) is 0 Å². The molecule has 0 aliphatic heterocycles. The van der Waals surface area contributed by atoms with Gasteiger partial charge < -0.3 is 0 Å². The Balaban J connectivity index is 2.63. The first-order chi connectivity index (χ1) is 3.46. The lowest BCUT2D eigenvalue weighted by Gasteiger charge is -2.37. The molecule has 1 aliphatic carbocycles. The Morgan fingerprint density at radius 3 is 1.50 bits per heavy atom. The molecule has 1 fully saturated rings. The van der Waals surface area contributed by atoms with Gasteiger partial charge in [-0.25, -0.2) is 13.2 Å². The van der Waals surface area contributed by atoms with Gasteiger partial charge in [0.25, 0.3) is 5.92 Å². The summed E-state index contributed by atoms with van der Waals surface area (Å²) >= 11 is 4.68. The molecular weight excluding hydrogens is 140 g/mol. The molecule has 0 N–H and O–H groups in total. The summed E-state index contributed by atoms with van der Waals surface area (Å²) < 4.78 is 35.6. The highest BCUT2D eigenvalue weighted by Gasteiger charge is 2.62. The molecule has 0 spiro atoms. The zero-order valence-corrected chi connectivity index (χ0v) is 4.68. The molecule has 8 heavy (non-hydrogen) atoms. The highest BCUT2D eigenvalue weighted by molar-refractivity contribution is 6.24. The van der Waals surface area contributed by atoms with Crippen LogP contribution in [0.1, 0.15) is 12.8 Å². The first-order valence-electron chi connectivity index (χ1n) is 2.21.